The van der Waals surface area contributed by atoms with Crippen LogP contribution in [0, 0.1) is 5.92 Å². The van der Waals surface area contributed by atoms with Crippen LogP contribution in [-0.2, 0) is 15.8 Å². The van der Waals surface area contributed by atoms with E-state index in [9.17, 15) is 5.11 Å². The smallest absolute Gasteiger partial charge is 0.261 e. The SMILES string of the molecule is C[C@H](CO[Si](c1ccccc1)(c1ccccc1)C(C)(C)C)[C@H](O)CCCOCc1ccccc1. The van der Waals surface area contributed by atoms with Gasteiger partial charge < -0.3 is 14.3 Å². The van der Waals surface area contributed by atoms with Gasteiger partial charge in [-0.2, -0.15) is 0 Å². The first-order chi connectivity index (χ1) is 16.3. The van der Waals surface area contributed by atoms with Gasteiger partial charge in [-0.05, 0) is 33.8 Å². The van der Waals surface area contributed by atoms with Crippen LogP contribution in [0.4, 0.5) is 0 Å². The average Bonchev–Trinajstić information content (AvgIpc) is 2.85. The van der Waals surface area contributed by atoms with Crippen molar-refractivity contribution in [2.75, 3.05) is 13.2 Å². The van der Waals surface area contributed by atoms with Gasteiger partial charge in [-0.15, -0.1) is 0 Å². The fourth-order valence-corrected chi connectivity index (χ4v) is 9.24. The van der Waals surface area contributed by atoms with E-state index in [-0.39, 0.29) is 11.0 Å². The van der Waals surface area contributed by atoms with Crippen LogP contribution in [0.3, 0.4) is 0 Å². The molecule has 3 rings (SSSR count). The third kappa shape index (κ3) is 6.67. The maximum Gasteiger partial charge on any atom is 0.261 e. The zero-order chi connectivity index (χ0) is 24.4. The van der Waals surface area contributed by atoms with E-state index in [2.05, 4.69) is 100 Å². The lowest BCUT2D eigenvalue weighted by Crippen LogP contribution is -2.67. The van der Waals surface area contributed by atoms with Gasteiger partial charge in [-0.1, -0.05) is 119 Å². The molecule has 0 saturated heterocycles. The van der Waals surface area contributed by atoms with E-state index in [1.54, 1.807) is 0 Å². The van der Waals surface area contributed by atoms with Gasteiger partial charge in [0.15, 0.2) is 0 Å². The lowest BCUT2D eigenvalue weighted by Gasteiger charge is -2.43. The zero-order valence-electron chi connectivity index (χ0n) is 21.1. The van der Waals surface area contributed by atoms with Crippen LogP contribution in [0.25, 0.3) is 0 Å². The third-order valence-corrected chi connectivity index (χ3v) is 11.5. The number of aliphatic hydroxyl groups is 1. The highest BCUT2D eigenvalue weighted by atomic mass is 28.4. The Morgan fingerprint density at radius 1 is 0.794 bits per heavy atom. The molecule has 3 nitrogen and oxygen atoms in total. The Bertz CT molecular complexity index is 915. The van der Waals surface area contributed by atoms with E-state index in [4.69, 9.17) is 9.16 Å². The van der Waals surface area contributed by atoms with Crippen LogP contribution in [0.2, 0.25) is 5.04 Å². The average molecular weight is 477 g/mol. The van der Waals surface area contributed by atoms with Gasteiger partial charge in [0, 0.05) is 19.1 Å². The van der Waals surface area contributed by atoms with Crippen molar-refractivity contribution in [2.24, 2.45) is 5.92 Å². The number of hydrogen-bond acceptors (Lipinski definition) is 3. The van der Waals surface area contributed by atoms with Crippen LogP contribution >= 0.6 is 0 Å². The molecule has 0 unspecified atom stereocenters. The minimum absolute atomic E-state index is 0.0378. The predicted molar refractivity (Wildman–Crippen MR) is 144 cm³/mol. The number of ether oxygens (including phenoxy) is 1. The molecule has 34 heavy (non-hydrogen) atoms. The molecule has 3 aromatic rings. The van der Waals surface area contributed by atoms with Crippen molar-refractivity contribution in [3.63, 3.8) is 0 Å². The van der Waals surface area contributed by atoms with Crippen LogP contribution in [-0.4, -0.2) is 32.7 Å². The maximum atomic E-state index is 10.9. The molecule has 0 fully saturated rings. The van der Waals surface area contributed by atoms with Crippen molar-refractivity contribution in [2.45, 2.75) is 58.3 Å². The van der Waals surface area contributed by atoms with E-state index in [0.29, 0.717) is 26.2 Å². The highest BCUT2D eigenvalue weighted by molar-refractivity contribution is 6.99. The van der Waals surface area contributed by atoms with E-state index < -0.39 is 14.4 Å². The van der Waals surface area contributed by atoms with E-state index in [1.165, 1.54) is 15.9 Å². The van der Waals surface area contributed by atoms with Crippen molar-refractivity contribution in [3.05, 3.63) is 96.6 Å². The quantitative estimate of drug-likeness (QED) is 0.275. The molecule has 0 bridgehead atoms. The van der Waals surface area contributed by atoms with Gasteiger partial charge in [0.25, 0.3) is 8.32 Å². The van der Waals surface area contributed by atoms with Gasteiger partial charge in [-0.25, -0.2) is 0 Å². The molecule has 0 aliphatic rings. The minimum atomic E-state index is -2.58. The lowest BCUT2D eigenvalue weighted by molar-refractivity contribution is 0.0568. The largest absolute Gasteiger partial charge is 0.407 e. The first kappa shape index (κ1) is 26.4. The Hall–Kier alpha value is -2.24. The Balaban J connectivity index is 1.63. The first-order valence-electron chi connectivity index (χ1n) is 12.4. The Morgan fingerprint density at radius 3 is 1.79 bits per heavy atom. The number of aliphatic hydroxyl groups excluding tert-OH is 1. The van der Waals surface area contributed by atoms with Gasteiger partial charge in [-0.3, -0.25) is 0 Å². The maximum absolute atomic E-state index is 10.9. The summed E-state index contributed by atoms with van der Waals surface area (Å²) in [5.41, 5.74) is 1.18. The molecule has 0 saturated carbocycles. The molecule has 182 valence electrons. The molecule has 0 heterocycles. The third-order valence-electron chi connectivity index (χ3n) is 6.54. The van der Waals surface area contributed by atoms with Crippen LogP contribution in [0.15, 0.2) is 91.0 Å². The highest BCUT2D eigenvalue weighted by Crippen LogP contribution is 2.37. The summed E-state index contributed by atoms with van der Waals surface area (Å²) < 4.78 is 12.8. The van der Waals surface area contributed by atoms with E-state index in [0.717, 1.165) is 6.42 Å². The van der Waals surface area contributed by atoms with E-state index >= 15 is 0 Å². The standard InChI is InChI=1S/C30H40O3Si/c1-25(29(31)21-14-22-32-24-26-15-8-5-9-16-26)23-33-34(30(2,3)4,27-17-10-6-11-18-27)28-19-12-7-13-20-28/h5-13,15-20,25,29,31H,14,21-24H2,1-4H3/t25-,29-/m1/s1. The number of benzene rings is 3. The summed E-state index contributed by atoms with van der Waals surface area (Å²) in [5, 5.41) is 13.3. The molecule has 0 radical (unpaired) electrons. The Morgan fingerprint density at radius 2 is 1.29 bits per heavy atom. The molecule has 2 atom stereocenters. The minimum Gasteiger partial charge on any atom is -0.407 e. The second-order valence-corrected chi connectivity index (χ2v) is 14.5. The summed E-state index contributed by atoms with van der Waals surface area (Å²) >= 11 is 0. The van der Waals surface area contributed by atoms with Crippen LogP contribution < -0.4 is 10.4 Å². The molecule has 0 aliphatic heterocycles. The first-order valence-corrected chi connectivity index (χ1v) is 14.3. The number of rotatable bonds is 12. The van der Waals surface area contributed by atoms with Gasteiger partial charge in [0.1, 0.15) is 0 Å². The second-order valence-electron chi connectivity index (χ2n) is 10.2. The number of hydrogen-bond donors (Lipinski definition) is 1. The molecule has 3 aromatic carbocycles. The highest BCUT2D eigenvalue weighted by Gasteiger charge is 2.50. The van der Waals surface area contributed by atoms with Crippen molar-refractivity contribution in [1.29, 1.82) is 0 Å². The van der Waals surface area contributed by atoms with Gasteiger partial charge in [0.05, 0.1) is 12.7 Å². The monoisotopic (exact) mass is 476 g/mol. The topological polar surface area (TPSA) is 38.7 Å². The van der Waals surface area contributed by atoms with Gasteiger partial charge in [0.2, 0.25) is 0 Å². The summed E-state index contributed by atoms with van der Waals surface area (Å²) in [5.74, 6) is 0.0378. The second kappa shape index (κ2) is 12.5. The van der Waals surface area contributed by atoms with Crippen molar-refractivity contribution in [3.8, 4) is 0 Å². The molecule has 0 aliphatic carbocycles. The Kier molecular flexibility index (Phi) is 9.66. The van der Waals surface area contributed by atoms with Crippen molar-refractivity contribution < 1.29 is 14.3 Å². The molecule has 4 heteroatoms. The molecule has 0 spiro atoms. The van der Waals surface area contributed by atoms with Crippen LogP contribution in [0.5, 0.6) is 0 Å². The van der Waals surface area contributed by atoms with E-state index in [1.807, 2.05) is 18.2 Å². The lowest BCUT2D eigenvalue weighted by atomic mass is 10.0. The normalized spacial score (nSPS) is 14.0. The molecule has 0 aromatic heterocycles. The summed E-state index contributed by atoms with van der Waals surface area (Å²) in [6.45, 7) is 10.7. The zero-order valence-corrected chi connectivity index (χ0v) is 22.1. The molecule has 1 N–H and O–H groups in total. The Labute approximate surface area is 206 Å². The van der Waals surface area contributed by atoms with Crippen LogP contribution in [0.1, 0.15) is 46.1 Å². The molecular formula is C30H40O3Si. The van der Waals surface area contributed by atoms with Crippen molar-refractivity contribution in [1.82, 2.24) is 0 Å². The summed E-state index contributed by atoms with van der Waals surface area (Å²) in [4.78, 5) is 0. The van der Waals surface area contributed by atoms with Crippen molar-refractivity contribution >= 4 is 18.7 Å². The fraction of sp³-hybridized carbons (Fsp3) is 0.400. The summed E-state index contributed by atoms with van der Waals surface area (Å²) in [7, 11) is -2.58. The molecule has 0 amide bonds. The molecular weight excluding hydrogens is 436 g/mol. The predicted octanol–water partition coefficient (Wildman–Crippen LogP) is 5.56. The summed E-state index contributed by atoms with van der Waals surface area (Å²) in [6, 6.07) is 31.5. The fourth-order valence-electron chi connectivity index (χ4n) is 4.57. The van der Waals surface area contributed by atoms with Gasteiger partial charge >= 0.3 is 0 Å². The summed E-state index contributed by atoms with van der Waals surface area (Å²) in [6.07, 6.45) is 1.12.